The van der Waals surface area contributed by atoms with E-state index in [2.05, 4.69) is 15.6 Å². The second-order valence-corrected chi connectivity index (χ2v) is 6.45. The first kappa shape index (κ1) is 18.9. The summed E-state index contributed by atoms with van der Waals surface area (Å²) < 4.78 is 1.62. The number of nitrogens with one attached hydrogen (secondary N) is 2. The van der Waals surface area contributed by atoms with Crippen LogP contribution in [-0.4, -0.2) is 56.2 Å². The molecule has 0 spiro atoms. The normalized spacial score (nSPS) is 25.3. The lowest BCUT2D eigenvalue weighted by Gasteiger charge is -2.27. The van der Waals surface area contributed by atoms with Gasteiger partial charge in [-0.2, -0.15) is 0 Å². The van der Waals surface area contributed by atoms with E-state index < -0.39 is 6.10 Å². The van der Waals surface area contributed by atoms with Gasteiger partial charge in [-0.1, -0.05) is 0 Å². The van der Waals surface area contributed by atoms with Gasteiger partial charge in [-0.05, 0) is 32.1 Å². The summed E-state index contributed by atoms with van der Waals surface area (Å²) in [5, 5.41) is 22.8. The van der Waals surface area contributed by atoms with E-state index in [0.717, 1.165) is 12.8 Å². The van der Waals surface area contributed by atoms with Crippen molar-refractivity contribution in [3.8, 4) is 0 Å². The van der Waals surface area contributed by atoms with Crippen LogP contribution in [0.5, 0.6) is 0 Å². The lowest BCUT2D eigenvalue weighted by molar-refractivity contribution is -0.126. The van der Waals surface area contributed by atoms with Gasteiger partial charge in [0.05, 0.1) is 24.7 Å². The van der Waals surface area contributed by atoms with E-state index in [4.69, 9.17) is 9.90 Å². The molecule has 4 N–H and O–H groups in total. The molecule has 1 aromatic heterocycles. The van der Waals surface area contributed by atoms with Crippen molar-refractivity contribution < 1.29 is 24.6 Å². The van der Waals surface area contributed by atoms with Gasteiger partial charge in [0.1, 0.15) is 5.69 Å². The number of amides is 2. The summed E-state index contributed by atoms with van der Waals surface area (Å²) in [4.78, 5) is 36.6. The van der Waals surface area contributed by atoms with E-state index >= 15 is 0 Å². The number of hydrogen-bond donors (Lipinski definition) is 4. The molecule has 138 valence electrons. The van der Waals surface area contributed by atoms with E-state index in [1.54, 1.807) is 17.9 Å². The van der Waals surface area contributed by atoms with E-state index in [-0.39, 0.29) is 30.2 Å². The van der Waals surface area contributed by atoms with Gasteiger partial charge >= 0.3 is 0 Å². The number of aryl methyl sites for hydroxylation is 1. The number of rotatable bonds is 4. The second-order valence-electron chi connectivity index (χ2n) is 6.45. The van der Waals surface area contributed by atoms with Crippen LogP contribution in [0.2, 0.25) is 0 Å². The van der Waals surface area contributed by atoms with Crippen molar-refractivity contribution in [2.45, 2.75) is 50.3 Å². The van der Waals surface area contributed by atoms with E-state index in [1.807, 2.05) is 0 Å². The quantitative estimate of drug-likeness (QED) is 0.548. The number of carboxylic acid groups (broad SMARTS) is 1. The van der Waals surface area contributed by atoms with Crippen LogP contribution in [0.3, 0.4) is 0 Å². The zero-order chi connectivity index (χ0) is 18.4. The van der Waals surface area contributed by atoms with Crippen molar-refractivity contribution in [2.75, 3.05) is 0 Å². The molecule has 0 radical (unpaired) electrons. The predicted octanol–water partition coefficient (Wildman–Crippen LogP) is -0.341. The molecule has 0 saturated heterocycles. The van der Waals surface area contributed by atoms with Crippen LogP contribution < -0.4 is 10.6 Å². The Morgan fingerprint density at radius 2 is 2.00 bits per heavy atom. The Morgan fingerprint density at radius 3 is 2.52 bits per heavy atom. The molecular formula is C16H24N4O5. The first-order valence-electron chi connectivity index (χ1n) is 8.29. The standard InChI is InChI=1S/C15H22N4O3.CH2O2/c1-19-8-16-7-12(19)15(22)18-11-5-9(6-13(11)20)14(21)17-10-3-2-4-10;2-1-3/h7-11,13,20H,2-6H2,1H3,(H,17,21)(H,18,22);1H,(H,2,3)/t9-,11-,13-;/m0./s1. The van der Waals surface area contributed by atoms with Crippen LogP contribution >= 0.6 is 0 Å². The monoisotopic (exact) mass is 352 g/mol. The van der Waals surface area contributed by atoms with E-state index in [0.29, 0.717) is 24.6 Å². The number of hydrogen-bond acceptors (Lipinski definition) is 5. The Kier molecular flexibility index (Phi) is 6.51. The minimum atomic E-state index is -0.686. The highest BCUT2D eigenvalue weighted by atomic mass is 16.3. The summed E-state index contributed by atoms with van der Waals surface area (Å²) >= 11 is 0. The predicted molar refractivity (Wildman–Crippen MR) is 87.7 cm³/mol. The molecule has 25 heavy (non-hydrogen) atoms. The number of carbonyl (C=O) groups is 3. The first-order valence-corrected chi connectivity index (χ1v) is 8.29. The van der Waals surface area contributed by atoms with Crippen LogP contribution in [0.1, 0.15) is 42.6 Å². The molecule has 1 heterocycles. The Labute approximate surface area is 145 Å². The highest BCUT2D eigenvalue weighted by Gasteiger charge is 2.38. The molecule has 2 aliphatic carbocycles. The summed E-state index contributed by atoms with van der Waals surface area (Å²) in [5.74, 6) is -0.502. The fourth-order valence-electron chi connectivity index (χ4n) is 3.07. The largest absolute Gasteiger partial charge is 0.483 e. The van der Waals surface area contributed by atoms with Crippen LogP contribution in [0, 0.1) is 5.92 Å². The minimum Gasteiger partial charge on any atom is -0.483 e. The molecule has 3 atom stereocenters. The third-order valence-electron chi connectivity index (χ3n) is 4.72. The lowest BCUT2D eigenvalue weighted by atomic mass is 9.92. The minimum absolute atomic E-state index is 0.000956. The van der Waals surface area contributed by atoms with Gasteiger partial charge < -0.3 is 25.4 Å². The Morgan fingerprint density at radius 1 is 1.32 bits per heavy atom. The fourth-order valence-corrected chi connectivity index (χ4v) is 3.07. The van der Waals surface area contributed by atoms with Gasteiger partial charge in [-0.25, -0.2) is 4.98 Å². The van der Waals surface area contributed by atoms with Crippen LogP contribution in [-0.2, 0) is 16.6 Å². The zero-order valence-corrected chi connectivity index (χ0v) is 14.1. The molecule has 0 unspecified atom stereocenters. The molecule has 1 aromatic rings. The summed E-state index contributed by atoms with van der Waals surface area (Å²) in [7, 11) is 1.74. The molecule has 2 aliphatic rings. The summed E-state index contributed by atoms with van der Waals surface area (Å²) in [5.41, 5.74) is 0.439. The number of nitrogens with zero attached hydrogens (tertiary/aromatic N) is 2. The molecule has 0 aromatic carbocycles. The third-order valence-corrected chi connectivity index (χ3v) is 4.72. The smallest absolute Gasteiger partial charge is 0.290 e. The Hall–Kier alpha value is -2.42. The number of aliphatic hydroxyl groups excluding tert-OH is 1. The first-order chi connectivity index (χ1) is 12.0. The summed E-state index contributed by atoms with van der Waals surface area (Å²) in [6, 6.07) is -0.0905. The highest BCUT2D eigenvalue weighted by molar-refractivity contribution is 5.92. The highest BCUT2D eigenvalue weighted by Crippen LogP contribution is 2.28. The van der Waals surface area contributed by atoms with E-state index in [1.165, 1.54) is 12.6 Å². The molecule has 2 fully saturated rings. The van der Waals surface area contributed by atoms with Gasteiger partial charge in [0, 0.05) is 19.0 Å². The maximum atomic E-state index is 12.2. The van der Waals surface area contributed by atoms with Crippen molar-refractivity contribution in [1.82, 2.24) is 20.2 Å². The van der Waals surface area contributed by atoms with Crippen molar-refractivity contribution in [3.63, 3.8) is 0 Å². The average Bonchev–Trinajstić information content (AvgIpc) is 3.10. The summed E-state index contributed by atoms with van der Waals surface area (Å²) in [6.45, 7) is -0.250. The van der Waals surface area contributed by atoms with Crippen LogP contribution in [0.4, 0.5) is 0 Å². The van der Waals surface area contributed by atoms with E-state index in [9.17, 15) is 14.7 Å². The zero-order valence-electron chi connectivity index (χ0n) is 14.1. The molecule has 9 heteroatoms. The lowest BCUT2D eigenvalue weighted by Crippen LogP contribution is -2.43. The summed E-state index contributed by atoms with van der Waals surface area (Å²) in [6.07, 6.45) is 6.48. The molecule has 0 aliphatic heterocycles. The Bertz CT molecular complexity index is 613. The number of carbonyl (C=O) groups excluding carboxylic acids is 2. The average molecular weight is 352 g/mol. The number of aliphatic hydroxyl groups is 1. The molecule has 0 bridgehead atoms. The van der Waals surface area contributed by atoms with Crippen LogP contribution in [0.25, 0.3) is 0 Å². The van der Waals surface area contributed by atoms with Crippen molar-refractivity contribution >= 4 is 18.3 Å². The van der Waals surface area contributed by atoms with Crippen molar-refractivity contribution in [3.05, 3.63) is 18.2 Å². The fraction of sp³-hybridized carbons (Fsp3) is 0.625. The van der Waals surface area contributed by atoms with Gasteiger partial charge in [0.15, 0.2) is 0 Å². The van der Waals surface area contributed by atoms with Gasteiger partial charge in [-0.15, -0.1) is 0 Å². The van der Waals surface area contributed by atoms with Gasteiger partial charge in [0.2, 0.25) is 5.91 Å². The van der Waals surface area contributed by atoms with Crippen LogP contribution in [0.15, 0.2) is 12.5 Å². The Balaban J connectivity index is 0.000000701. The van der Waals surface area contributed by atoms with Gasteiger partial charge in [-0.3, -0.25) is 14.4 Å². The molecule has 9 nitrogen and oxygen atoms in total. The number of imidazole rings is 1. The number of aromatic nitrogens is 2. The maximum absolute atomic E-state index is 12.2. The molecule has 2 amide bonds. The third kappa shape index (κ3) is 4.79. The molecular weight excluding hydrogens is 328 g/mol. The maximum Gasteiger partial charge on any atom is 0.290 e. The molecule has 2 saturated carbocycles. The second kappa shape index (κ2) is 8.61. The van der Waals surface area contributed by atoms with Gasteiger partial charge in [0.25, 0.3) is 12.4 Å². The van der Waals surface area contributed by atoms with Crippen molar-refractivity contribution in [1.29, 1.82) is 0 Å². The van der Waals surface area contributed by atoms with Crippen molar-refractivity contribution in [2.24, 2.45) is 13.0 Å². The topological polar surface area (TPSA) is 134 Å². The molecule has 3 rings (SSSR count). The SMILES string of the molecule is Cn1cncc1C(=O)N[C@H]1C[C@H](C(=O)NC2CCC2)C[C@@H]1O.O=CO.